The van der Waals surface area contributed by atoms with E-state index >= 15 is 0 Å². The molecule has 0 saturated heterocycles. The number of anilines is 1. The van der Waals surface area contributed by atoms with Crippen LogP contribution in [0.25, 0.3) is 0 Å². The van der Waals surface area contributed by atoms with Gasteiger partial charge in [-0.15, -0.1) is 0 Å². The molecule has 2 aromatic rings. The second-order valence-corrected chi connectivity index (χ2v) is 5.34. The van der Waals surface area contributed by atoms with E-state index in [1.54, 1.807) is 12.5 Å². The summed E-state index contributed by atoms with van der Waals surface area (Å²) in [6, 6.07) is 11.6. The summed E-state index contributed by atoms with van der Waals surface area (Å²) in [5, 5.41) is 3.38. The molecule has 4 nitrogen and oxygen atoms in total. The first-order valence-corrected chi connectivity index (χ1v) is 7.01. The topological polar surface area (TPSA) is 54.6 Å². The van der Waals surface area contributed by atoms with E-state index in [1.807, 2.05) is 36.4 Å². The number of carbonyl (C=O) groups is 1. The van der Waals surface area contributed by atoms with Gasteiger partial charge in [-0.3, -0.25) is 9.79 Å². The third kappa shape index (κ3) is 2.09. The molecule has 4 heteroatoms. The summed E-state index contributed by atoms with van der Waals surface area (Å²) in [5.41, 5.74) is 3.41. The molecule has 0 fully saturated rings. The molecule has 1 aliphatic carbocycles. The zero-order valence-corrected chi connectivity index (χ0v) is 11.4. The molecule has 0 saturated carbocycles. The molecule has 1 aromatic heterocycles. The van der Waals surface area contributed by atoms with Crippen LogP contribution in [-0.2, 0) is 4.79 Å². The van der Waals surface area contributed by atoms with Crippen LogP contribution in [0.15, 0.2) is 63.3 Å². The van der Waals surface area contributed by atoms with Gasteiger partial charge in [0.05, 0.1) is 23.2 Å². The Hall–Kier alpha value is -2.62. The number of para-hydroxylation sites is 2. The van der Waals surface area contributed by atoms with Crippen LogP contribution >= 0.6 is 0 Å². The molecule has 0 amide bonds. The van der Waals surface area contributed by atoms with Gasteiger partial charge in [-0.25, -0.2) is 0 Å². The second kappa shape index (κ2) is 4.74. The summed E-state index contributed by atoms with van der Waals surface area (Å²) in [6.45, 7) is 0. The first-order valence-electron chi connectivity index (χ1n) is 7.01. The van der Waals surface area contributed by atoms with Gasteiger partial charge in [-0.05, 0) is 30.7 Å². The lowest BCUT2D eigenvalue weighted by Gasteiger charge is -2.23. The summed E-state index contributed by atoms with van der Waals surface area (Å²) in [7, 11) is 0. The van der Waals surface area contributed by atoms with Crippen molar-refractivity contribution >= 4 is 23.4 Å². The largest absolute Gasteiger partial charge is 0.469 e. The predicted molar refractivity (Wildman–Crippen MR) is 80.9 cm³/mol. The van der Waals surface area contributed by atoms with Crippen molar-refractivity contribution in [3.05, 3.63) is 59.7 Å². The first kappa shape index (κ1) is 12.1. The smallest absolute Gasteiger partial charge is 0.166 e. The van der Waals surface area contributed by atoms with Gasteiger partial charge in [0.25, 0.3) is 0 Å². The van der Waals surface area contributed by atoms with Gasteiger partial charge < -0.3 is 9.73 Å². The Kier molecular flexibility index (Phi) is 2.74. The Morgan fingerprint density at radius 2 is 2.05 bits per heavy atom. The number of Topliss-reactive ketones (excluding diaryl/α,β-unsaturated/α-hetero) is 1. The van der Waals surface area contributed by atoms with Gasteiger partial charge in [-0.2, -0.15) is 0 Å². The number of allylic oxidation sites excluding steroid dienone is 2. The zero-order valence-electron chi connectivity index (χ0n) is 11.4. The number of hydrogen-bond acceptors (Lipinski definition) is 4. The number of carbonyl (C=O) groups excluding carboxylic acids is 1. The molecular formula is C17H14N2O2. The van der Waals surface area contributed by atoms with E-state index in [0.29, 0.717) is 12.0 Å². The van der Waals surface area contributed by atoms with Crippen molar-refractivity contribution < 1.29 is 9.21 Å². The predicted octanol–water partition coefficient (Wildman–Crippen LogP) is 3.81. The molecule has 1 aromatic carbocycles. The van der Waals surface area contributed by atoms with Gasteiger partial charge in [0.15, 0.2) is 5.78 Å². The van der Waals surface area contributed by atoms with Crippen LogP contribution in [0.5, 0.6) is 0 Å². The lowest BCUT2D eigenvalue weighted by atomic mass is 9.85. The summed E-state index contributed by atoms with van der Waals surface area (Å²) in [5.74, 6) is 1.07. The third-order valence-corrected chi connectivity index (χ3v) is 3.98. The molecule has 4 rings (SSSR count). The van der Waals surface area contributed by atoms with Crippen molar-refractivity contribution in [2.24, 2.45) is 4.99 Å². The van der Waals surface area contributed by atoms with Crippen LogP contribution in [0.2, 0.25) is 0 Å². The number of nitrogens with zero attached hydrogens (tertiary/aromatic N) is 1. The van der Waals surface area contributed by atoms with Gasteiger partial charge in [0.1, 0.15) is 5.76 Å². The maximum absolute atomic E-state index is 12.4. The number of ketones is 1. The van der Waals surface area contributed by atoms with Crippen molar-refractivity contribution in [1.29, 1.82) is 0 Å². The second-order valence-electron chi connectivity index (χ2n) is 5.34. The van der Waals surface area contributed by atoms with Gasteiger partial charge in [0, 0.05) is 24.3 Å². The van der Waals surface area contributed by atoms with Crippen LogP contribution < -0.4 is 5.32 Å². The number of aliphatic imine (C=N–C) groups is 1. The molecule has 2 aliphatic rings. The first-order chi connectivity index (χ1) is 10.3. The Morgan fingerprint density at radius 1 is 1.14 bits per heavy atom. The highest BCUT2D eigenvalue weighted by Gasteiger charge is 2.30. The summed E-state index contributed by atoms with van der Waals surface area (Å²) >= 11 is 0. The van der Waals surface area contributed by atoms with E-state index in [9.17, 15) is 4.79 Å². The molecule has 0 radical (unpaired) electrons. The normalized spacial score (nSPS) is 20.6. The molecular weight excluding hydrogens is 264 g/mol. The Bertz CT molecular complexity index is 757. The highest BCUT2D eigenvalue weighted by atomic mass is 16.3. The quantitative estimate of drug-likeness (QED) is 0.863. The molecule has 2 heterocycles. The molecule has 0 unspecified atom stereocenters. The van der Waals surface area contributed by atoms with Crippen LogP contribution in [0.3, 0.4) is 0 Å². The van der Waals surface area contributed by atoms with Gasteiger partial charge >= 0.3 is 0 Å². The van der Waals surface area contributed by atoms with Crippen molar-refractivity contribution in [3.8, 4) is 0 Å². The lowest BCUT2D eigenvalue weighted by Crippen LogP contribution is -2.21. The SMILES string of the molecule is O=C1C[C@@H](c2ccco2)CC2=C1C=Nc1ccccc1N2. The molecule has 1 N–H and O–H groups in total. The van der Waals surface area contributed by atoms with E-state index in [1.165, 1.54) is 0 Å². The van der Waals surface area contributed by atoms with E-state index in [0.717, 1.165) is 29.3 Å². The fraction of sp³-hybridized carbons (Fsp3) is 0.176. The number of hydrogen-bond donors (Lipinski definition) is 1. The Labute approximate surface area is 122 Å². The number of furan rings is 1. The van der Waals surface area contributed by atoms with Crippen LogP contribution in [0, 0.1) is 0 Å². The molecule has 1 atom stereocenters. The molecule has 1 aliphatic heterocycles. The molecule has 0 bridgehead atoms. The van der Waals surface area contributed by atoms with Crippen LogP contribution in [0.4, 0.5) is 11.4 Å². The molecule has 21 heavy (non-hydrogen) atoms. The minimum absolute atomic E-state index is 0.0948. The third-order valence-electron chi connectivity index (χ3n) is 3.98. The molecule has 104 valence electrons. The standard InChI is InChI=1S/C17H14N2O2/c20-16-9-11(17-6-3-7-21-17)8-15-12(16)10-18-13-4-1-2-5-14(13)19-15/h1-7,10-11,19H,8-9H2/t11-/m0/s1. The van der Waals surface area contributed by atoms with Gasteiger partial charge in [-0.1, -0.05) is 12.1 Å². The monoisotopic (exact) mass is 278 g/mol. The van der Waals surface area contributed by atoms with E-state index < -0.39 is 0 Å². The zero-order chi connectivity index (χ0) is 14.2. The van der Waals surface area contributed by atoms with E-state index in [-0.39, 0.29) is 11.7 Å². The number of benzene rings is 1. The number of fused-ring (bicyclic) bond motifs is 1. The van der Waals surface area contributed by atoms with Crippen molar-refractivity contribution in [3.63, 3.8) is 0 Å². The minimum Gasteiger partial charge on any atom is -0.469 e. The highest BCUT2D eigenvalue weighted by molar-refractivity contribution is 6.16. The van der Waals surface area contributed by atoms with Crippen LogP contribution in [-0.4, -0.2) is 12.0 Å². The number of nitrogens with one attached hydrogen (secondary N) is 1. The molecule has 0 spiro atoms. The van der Waals surface area contributed by atoms with Crippen LogP contribution in [0.1, 0.15) is 24.5 Å². The minimum atomic E-state index is 0.0948. The Balaban J connectivity index is 1.72. The van der Waals surface area contributed by atoms with Crippen molar-refractivity contribution in [2.45, 2.75) is 18.8 Å². The lowest BCUT2D eigenvalue weighted by molar-refractivity contribution is -0.115. The maximum Gasteiger partial charge on any atom is 0.166 e. The fourth-order valence-electron chi connectivity index (χ4n) is 2.91. The maximum atomic E-state index is 12.4. The Morgan fingerprint density at radius 3 is 2.90 bits per heavy atom. The highest BCUT2D eigenvalue weighted by Crippen LogP contribution is 2.38. The number of rotatable bonds is 1. The van der Waals surface area contributed by atoms with Crippen molar-refractivity contribution in [2.75, 3.05) is 5.32 Å². The average Bonchev–Trinajstić information content (AvgIpc) is 2.95. The summed E-state index contributed by atoms with van der Waals surface area (Å²) in [6.07, 6.45) is 4.57. The van der Waals surface area contributed by atoms with Crippen molar-refractivity contribution in [1.82, 2.24) is 0 Å². The summed E-state index contributed by atoms with van der Waals surface area (Å²) in [4.78, 5) is 16.8. The van der Waals surface area contributed by atoms with Gasteiger partial charge in [0.2, 0.25) is 0 Å². The average molecular weight is 278 g/mol. The fourth-order valence-corrected chi connectivity index (χ4v) is 2.91. The van der Waals surface area contributed by atoms with E-state index in [4.69, 9.17) is 4.42 Å². The summed E-state index contributed by atoms with van der Waals surface area (Å²) < 4.78 is 5.47. The van der Waals surface area contributed by atoms with E-state index in [2.05, 4.69) is 10.3 Å².